The summed E-state index contributed by atoms with van der Waals surface area (Å²) in [6, 6.07) is 8.22. The van der Waals surface area contributed by atoms with E-state index in [9.17, 15) is 14.4 Å². The summed E-state index contributed by atoms with van der Waals surface area (Å²) in [5, 5.41) is 12.2. The molecule has 0 unspecified atom stereocenters. The molecule has 0 spiro atoms. The van der Waals surface area contributed by atoms with Crippen LogP contribution in [0.4, 0.5) is 5.00 Å². The van der Waals surface area contributed by atoms with Gasteiger partial charge in [0.2, 0.25) is 5.91 Å². The molecule has 11 heteroatoms. The molecule has 3 rings (SSSR count). The summed E-state index contributed by atoms with van der Waals surface area (Å²) in [5.41, 5.74) is 2.73. The quantitative estimate of drug-likeness (QED) is 0.320. The van der Waals surface area contributed by atoms with Gasteiger partial charge in [-0.3, -0.25) is 4.79 Å². The molecule has 2 aromatic heterocycles. The monoisotopic (exact) mass is 516 g/mol. The topological polar surface area (TPSA) is 112 Å². The van der Waals surface area contributed by atoms with Crippen LogP contribution in [0.15, 0.2) is 29.4 Å². The van der Waals surface area contributed by atoms with Crippen LogP contribution in [-0.2, 0) is 20.8 Å². The van der Waals surface area contributed by atoms with E-state index in [0.717, 1.165) is 22.7 Å². The van der Waals surface area contributed by atoms with E-state index >= 15 is 0 Å². The molecule has 0 fully saturated rings. The first-order valence-electron chi connectivity index (χ1n) is 11.0. The first kappa shape index (κ1) is 26.4. The number of thioether (sulfide) groups is 1. The fraction of sp³-hybridized carbons (Fsp3) is 0.375. The van der Waals surface area contributed by atoms with Gasteiger partial charge in [-0.2, -0.15) is 0 Å². The third-order valence-corrected chi connectivity index (χ3v) is 7.52. The summed E-state index contributed by atoms with van der Waals surface area (Å²) in [6.45, 7) is 8.52. The number of esters is 2. The Bertz CT molecular complexity index is 1230. The Balaban J connectivity index is 1.76. The molecule has 0 atom stereocenters. The summed E-state index contributed by atoms with van der Waals surface area (Å²) >= 11 is 2.21. The number of benzene rings is 1. The van der Waals surface area contributed by atoms with Gasteiger partial charge in [-0.15, -0.1) is 21.5 Å². The average Bonchev–Trinajstić information content (AvgIpc) is 3.42. The number of carbonyl (C=O) groups excluding carboxylic acids is 3. The molecular formula is C24H28N4O5S2. The van der Waals surface area contributed by atoms with Crippen molar-refractivity contribution in [2.45, 2.75) is 45.3 Å². The lowest BCUT2D eigenvalue weighted by Crippen LogP contribution is -2.16. The number of hydrogen-bond acceptors (Lipinski definition) is 9. The van der Waals surface area contributed by atoms with Crippen LogP contribution in [0.3, 0.4) is 0 Å². The molecule has 1 aromatic carbocycles. The van der Waals surface area contributed by atoms with Crippen molar-refractivity contribution in [2.75, 3.05) is 25.3 Å². The summed E-state index contributed by atoms with van der Waals surface area (Å²) < 4.78 is 11.6. The molecule has 3 aromatic rings. The minimum Gasteiger partial charge on any atom is -0.465 e. The van der Waals surface area contributed by atoms with E-state index in [1.807, 2.05) is 23.6 Å². The SMILES string of the molecule is CCn1c(SCC(=O)Nc2sc(C(=O)OC)c(C)c2C(=O)OC)nnc1-c1ccc(C(C)C)cc1. The highest BCUT2D eigenvalue weighted by atomic mass is 32.2. The molecule has 0 saturated carbocycles. The number of thiophene rings is 1. The first-order chi connectivity index (χ1) is 16.7. The second kappa shape index (κ2) is 11.5. The number of nitrogens with one attached hydrogen (secondary N) is 1. The van der Waals surface area contributed by atoms with Crippen molar-refractivity contribution in [3.05, 3.63) is 45.8 Å². The molecule has 0 aliphatic rings. The van der Waals surface area contributed by atoms with Crippen LogP contribution in [-0.4, -0.2) is 52.6 Å². The number of ether oxygens (including phenoxy) is 2. The van der Waals surface area contributed by atoms with Crippen LogP contribution < -0.4 is 5.32 Å². The smallest absolute Gasteiger partial charge is 0.348 e. The van der Waals surface area contributed by atoms with Crippen molar-refractivity contribution >= 4 is 45.9 Å². The zero-order valence-corrected chi connectivity index (χ0v) is 22.1. The molecule has 0 saturated heterocycles. The minimum absolute atomic E-state index is 0.0372. The standard InChI is InChI=1S/C24H28N4O5S2/c1-7-28-20(16-10-8-15(9-11-16)13(2)3)26-27-24(28)34-12-17(29)25-21-18(22(30)32-5)14(4)19(35-21)23(31)33-6/h8-11,13H,7,12H2,1-6H3,(H,25,29). The number of amides is 1. The van der Waals surface area contributed by atoms with E-state index in [1.165, 1.54) is 31.5 Å². The second-order valence-corrected chi connectivity index (χ2v) is 9.87. The van der Waals surface area contributed by atoms with E-state index in [4.69, 9.17) is 9.47 Å². The predicted molar refractivity (Wildman–Crippen MR) is 136 cm³/mol. The highest BCUT2D eigenvalue weighted by Gasteiger charge is 2.27. The van der Waals surface area contributed by atoms with Crippen LogP contribution in [0.25, 0.3) is 11.4 Å². The number of hydrogen-bond donors (Lipinski definition) is 1. The molecular weight excluding hydrogens is 488 g/mol. The van der Waals surface area contributed by atoms with E-state index < -0.39 is 11.9 Å². The van der Waals surface area contributed by atoms with Gasteiger partial charge in [0.05, 0.1) is 25.5 Å². The Kier molecular flexibility index (Phi) is 8.68. The van der Waals surface area contributed by atoms with Gasteiger partial charge in [-0.25, -0.2) is 9.59 Å². The number of nitrogens with zero attached hydrogens (tertiary/aromatic N) is 3. The largest absolute Gasteiger partial charge is 0.465 e. The molecule has 0 radical (unpaired) electrons. The summed E-state index contributed by atoms with van der Waals surface area (Å²) in [4.78, 5) is 37.3. The van der Waals surface area contributed by atoms with Crippen LogP contribution in [0.2, 0.25) is 0 Å². The van der Waals surface area contributed by atoms with Gasteiger partial charge in [0.1, 0.15) is 9.88 Å². The van der Waals surface area contributed by atoms with E-state index in [1.54, 1.807) is 6.92 Å². The molecule has 0 aliphatic heterocycles. The van der Waals surface area contributed by atoms with Crippen molar-refractivity contribution < 1.29 is 23.9 Å². The number of carbonyl (C=O) groups is 3. The lowest BCUT2D eigenvalue weighted by atomic mass is 10.0. The summed E-state index contributed by atoms with van der Waals surface area (Å²) in [5.74, 6) is -0.377. The van der Waals surface area contributed by atoms with E-state index in [0.29, 0.717) is 23.2 Å². The lowest BCUT2D eigenvalue weighted by Gasteiger charge is -2.09. The molecule has 2 heterocycles. The zero-order chi connectivity index (χ0) is 25.7. The molecule has 1 amide bonds. The molecule has 0 aliphatic carbocycles. The van der Waals surface area contributed by atoms with Gasteiger partial charge in [-0.05, 0) is 30.9 Å². The number of aromatic nitrogens is 3. The van der Waals surface area contributed by atoms with Gasteiger partial charge in [0, 0.05) is 12.1 Å². The summed E-state index contributed by atoms with van der Waals surface area (Å²) in [7, 11) is 2.50. The maximum atomic E-state index is 12.7. The van der Waals surface area contributed by atoms with E-state index in [2.05, 4.69) is 41.5 Å². The van der Waals surface area contributed by atoms with Gasteiger partial charge in [-0.1, -0.05) is 49.9 Å². The molecule has 9 nitrogen and oxygen atoms in total. The third kappa shape index (κ3) is 5.73. The predicted octanol–water partition coefficient (Wildman–Crippen LogP) is 4.76. The summed E-state index contributed by atoms with van der Waals surface area (Å²) in [6.07, 6.45) is 0. The molecule has 1 N–H and O–H groups in total. The molecule has 0 bridgehead atoms. The third-order valence-electron chi connectivity index (χ3n) is 5.36. The zero-order valence-electron chi connectivity index (χ0n) is 20.5. The van der Waals surface area contributed by atoms with Crippen molar-refractivity contribution in [3.63, 3.8) is 0 Å². The van der Waals surface area contributed by atoms with Gasteiger partial charge in [0.25, 0.3) is 0 Å². The average molecular weight is 517 g/mol. The highest BCUT2D eigenvalue weighted by Crippen LogP contribution is 2.34. The lowest BCUT2D eigenvalue weighted by molar-refractivity contribution is -0.113. The Morgan fingerprint density at radius 2 is 1.74 bits per heavy atom. The molecule has 186 valence electrons. The van der Waals surface area contributed by atoms with Crippen molar-refractivity contribution in [1.82, 2.24) is 14.8 Å². The first-order valence-corrected chi connectivity index (χ1v) is 12.8. The van der Waals surface area contributed by atoms with Gasteiger partial charge >= 0.3 is 11.9 Å². The Morgan fingerprint density at radius 1 is 1.09 bits per heavy atom. The minimum atomic E-state index is -0.643. The number of methoxy groups -OCH3 is 2. The van der Waals surface area contributed by atoms with E-state index in [-0.39, 0.29) is 27.1 Å². The molecule has 35 heavy (non-hydrogen) atoms. The van der Waals surface area contributed by atoms with Crippen molar-refractivity contribution in [2.24, 2.45) is 0 Å². The van der Waals surface area contributed by atoms with Gasteiger partial charge < -0.3 is 19.4 Å². The number of anilines is 1. The Hall–Kier alpha value is -3.18. The van der Waals surface area contributed by atoms with Crippen LogP contribution in [0.5, 0.6) is 0 Å². The maximum absolute atomic E-state index is 12.7. The van der Waals surface area contributed by atoms with Crippen molar-refractivity contribution in [3.8, 4) is 11.4 Å². The highest BCUT2D eigenvalue weighted by molar-refractivity contribution is 7.99. The number of rotatable bonds is 9. The fourth-order valence-electron chi connectivity index (χ4n) is 3.44. The van der Waals surface area contributed by atoms with Crippen LogP contribution in [0, 0.1) is 6.92 Å². The van der Waals surface area contributed by atoms with Crippen LogP contribution in [0.1, 0.15) is 57.8 Å². The second-order valence-electron chi connectivity index (χ2n) is 7.91. The normalized spacial score (nSPS) is 10.9. The van der Waals surface area contributed by atoms with Crippen molar-refractivity contribution in [1.29, 1.82) is 0 Å². The van der Waals surface area contributed by atoms with Gasteiger partial charge in [0.15, 0.2) is 11.0 Å². The van der Waals surface area contributed by atoms with Crippen LogP contribution >= 0.6 is 23.1 Å². The Morgan fingerprint density at radius 3 is 2.31 bits per heavy atom. The fourth-order valence-corrected chi connectivity index (χ4v) is 5.37. The maximum Gasteiger partial charge on any atom is 0.348 e. The Labute approximate surface area is 212 Å².